The van der Waals surface area contributed by atoms with Gasteiger partial charge in [-0.1, -0.05) is 18.9 Å². The Morgan fingerprint density at radius 3 is 2.47 bits per heavy atom. The van der Waals surface area contributed by atoms with Crippen LogP contribution in [-0.4, -0.2) is 10.9 Å². The number of rotatable bonds is 4. The van der Waals surface area contributed by atoms with Crippen molar-refractivity contribution in [2.75, 3.05) is 0 Å². The molecule has 2 aromatic carbocycles. The third-order valence-electron chi connectivity index (χ3n) is 2.84. The van der Waals surface area contributed by atoms with E-state index in [9.17, 15) is 9.90 Å². The minimum Gasteiger partial charge on any atom is -0.508 e. The molecular formula is C16H15O2Y-. The fourth-order valence-corrected chi connectivity index (χ4v) is 1.90. The molecule has 0 saturated carbocycles. The van der Waals surface area contributed by atoms with Crippen molar-refractivity contribution < 1.29 is 42.6 Å². The molecule has 0 fully saturated rings. The zero-order valence-corrected chi connectivity index (χ0v) is 13.7. The molecule has 0 heterocycles. The molecule has 0 aliphatic rings. The summed E-state index contributed by atoms with van der Waals surface area (Å²) in [7, 11) is 0. The first-order valence-corrected chi connectivity index (χ1v) is 6.05. The van der Waals surface area contributed by atoms with Crippen molar-refractivity contribution >= 4 is 5.78 Å². The first kappa shape index (κ1) is 16.1. The van der Waals surface area contributed by atoms with Crippen LogP contribution >= 0.6 is 0 Å². The van der Waals surface area contributed by atoms with Crippen molar-refractivity contribution in [3.05, 3.63) is 65.2 Å². The van der Waals surface area contributed by atoms with E-state index in [4.69, 9.17) is 0 Å². The summed E-state index contributed by atoms with van der Waals surface area (Å²) in [6.45, 7) is 2.04. The summed E-state index contributed by atoms with van der Waals surface area (Å²) in [6, 6.07) is 14.8. The number of hydrogen-bond acceptors (Lipinski definition) is 2. The maximum Gasteiger partial charge on any atom is 0.169 e. The number of phenolic OH excluding ortho intramolecular Hbond substituents is 1. The summed E-state index contributed by atoms with van der Waals surface area (Å²) in [6.07, 6.45) is 1.71. The molecule has 0 aliphatic carbocycles. The van der Waals surface area contributed by atoms with Crippen molar-refractivity contribution in [2.24, 2.45) is 0 Å². The molecule has 1 N–H and O–H groups in total. The fraction of sp³-hybridized carbons (Fsp3) is 0.188. The molecule has 2 aromatic rings. The summed E-state index contributed by atoms with van der Waals surface area (Å²) < 4.78 is 0. The Kier molecular flexibility index (Phi) is 6.40. The number of ketones is 1. The van der Waals surface area contributed by atoms with Crippen LogP contribution in [0.1, 0.15) is 34.8 Å². The Labute approximate surface area is 138 Å². The van der Waals surface area contributed by atoms with E-state index in [1.807, 2.05) is 6.92 Å². The number of aryl methyl sites for hydroxylation is 1. The fourth-order valence-electron chi connectivity index (χ4n) is 1.90. The smallest absolute Gasteiger partial charge is 0.169 e. The van der Waals surface area contributed by atoms with Gasteiger partial charge < -0.3 is 5.11 Å². The minimum absolute atomic E-state index is 0. The van der Waals surface area contributed by atoms with Crippen LogP contribution in [-0.2, 0) is 39.1 Å². The molecule has 2 nitrogen and oxygen atoms in total. The number of carbonyl (C=O) groups is 1. The number of benzene rings is 2. The third kappa shape index (κ3) is 3.99. The Bertz CT molecular complexity index is 550. The molecule has 19 heavy (non-hydrogen) atoms. The van der Waals surface area contributed by atoms with Gasteiger partial charge in [0.05, 0.1) is 0 Å². The first-order chi connectivity index (χ1) is 8.72. The Morgan fingerprint density at radius 2 is 1.84 bits per heavy atom. The molecule has 0 spiro atoms. The summed E-state index contributed by atoms with van der Waals surface area (Å²) in [5.41, 5.74) is 2.08. The number of phenols is 1. The standard InChI is InChI=1S/C16H15O2.Y/c1-2-6-13-11-14(9-10-15(13)17)16(18)12-7-4-3-5-8-12;/h4-5,7-11,17H,2,6H2,1H3;/q-1;. The van der Waals surface area contributed by atoms with E-state index in [2.05, 4.69) is 6.07 Å². The van der Waals surface area contributed by atoms with Crippen molar-refractivity contribution in [1.82, 2.24) is 0 Å². The summed E-state index contributed by atoms with van der Waals surface area (Å²) in [5.74, 6) is 0.233. The predicted octanol–water partition coefficient (Wildman–Crippen LogP) is 3.37. The maximum atomic E-state index is 12.2. The third-order valence-corrected chi connectivity index (χ3v) is 2.84. The van der Waals surface area contributed by atoms with Crippen molar-refractivity contribution in [1.29, 1.82) is 0 Å². The largest absolute Gasteiger partial charge is 0.508 e. The van der Waals surface area contributed by atoms with Crippen molar-refractivity contribution in [2.45, 2.75) is 19.8 Å². The van der Waals surface area contributed by atoms with Gasteiger partial charge in [0, 0.05) is 38.3 Å². The van der Waals surface area contributed by atoms with Gasteiger partial charge in [-0.3, -0.25) is 4.79 Å². The van der Waals surface area contributed by atoms with Crippen LogP contribution in [0.3, 0.4) is 0 Å². The summed E-state index contributed by atoms with van der Waals surface area (Å²) in [5, 5.41) is 9.70. The van der Waals surface area contributed by atoms with Crippen LogP contribution in [0.5, 0.6) is 5.75 Å². The molecule has 0 saturated heterocycles. The SMILES string of the molecule is CCCc1cc(C(=O)c2cc[c-]cc2)ccc1O.[Y]. The zero-order chi connectivity index (χ0) is 13.0. The van der Waals surface area contributed by atoms with Crippen LogP contribution in [0, 0.1) is 6.07 Å². The van der Waals surface area contributed by atoms with E-state index in [0.29, 0.717) is 11.1 Å². The molecule has 0 atom stereocenters. The van der Waals surface area contributed by atoms with E-state index in [0.717, 1.165) is 18.4 Å². The Balaban J connectivity index is 0.00000180. The molecule has 2 rings (SSSR count). The topological polar surface area (TPSA) is 37.3 Å². The summed E-state index contributed by atoms with van der Waals surface area (Å²) >= 11 is 0. The van der Waals surface area contributed by atoms with Crippen LogP contribution in [0.4, 0.5) is 0 Å². The van der Waals surface area contributed by atoms with Gasteiger partial charge in [0.15, 0.2) is 5.78 Å². The average molecular weight is 328 g/mol. The van der Waals surface area contributed by atoms with E-state index >= 15 is 0 Å². The molecule has 95 valence electrons. The van der Waals surface area contributed by atoms with Gasteiger partial charge in [-0.15, -0.1) is 0 Å². The van der Waals surface area contributed by atoms with E-state index < -0.39 is 0 Å². The molecule has 0 bridgehead atoms. The van der Waals surface area contributed by atoms with Crippen LogP contribution in [0.15, 0.2) is 42.5 Å². The summed E-state index contributed by atoms with van der Waals surface area (Å²) in [4.78, 5) is 12.2. The molecule has 0 aromatic heterocycles. The number of aromatic hydroxyl groups is 1. The second kappa shape index (κ2) is 7.57. The van der Waals surface area contributed by atoms with Crippen molar-refractivity contribution in [3.8, 4) is 5.75 Å². The van der Waals surface area contributed by atoms with E-state index in [1.54, 1.807) is 42.5 Å². The number of hydrogen-bond donors (Lipinski definition) is 1. The second-order valence-corrected chi connectivity index (χ2v) is 4.21. The number of carbonyl (C=O) groups excluding carboxylic acids is 1. The van der Waals surface area contributed by atoms with Crippen molar-refractivity contribution in [3.63, 3.8) is 0 Å². The van der Waals surface area contributed by atoms with E-state index in [1.165, 1.54) is 0 Å². The molecule has 0 aliphatic heterocycles. The molecule has 0 unspecified atom stereocenters. The predicted molar refractivity (Wildman–Crippen MR) is 70.8 cm³/mol. The normalized spacial score (nSPS) is 9.74. The molecule has 3 heteroatoms. The molecule has 1 radical (unpaired) electrons. The van der Waals surface area contributed by atoms with Gasteiger partial charge in [-0.25, -0.2) is 0 Å². The average Bonchev–Trinajstić information content (AvgIpc) is 2.42. The Hall–Kier alpha value is -0.986. The molecule has 0 amide bonds. The van der Waals surface area contributed by atoms with Gasteiger partial charge in [0.2, 0.25) is 0 Å². The van der Waals surface area contributed by atoms with Gasteiger partial charge >= 0.3 is 0 Å². The minimum atomic E-state index is -0.0265. The second-order valence-electron chi connectivity index (χ2n) is 4.21. The zero-order valence-electron chi connectivity index (χ0n) is 10.9. The Morgan fingerprint density at radius 1 is 1.16 bits per heavy atom. The van der Waals surface area contributed by atoms with E-state index in [-0.39, 0.29) is 44.2 Å². The quantitative estimate of drug-likeness (QED) is 0.690. The van der Waals surface area contributed by atoms with Crippen LogP contribution in [0.2, 0.25) is 0 Å². The molecular weight excluding hydrogens is 313 g/mol. The first-order valence-electron chi connectivity index (χ1n) is 6.05. The van der Waals surface area contributed by atoms with Gasteiger partial charge in [0.25, 0.3) is 0 Å². The van der Waals surface area contributed by atoms with Gasteiger partial charge in [-0.05, 0) is 30.2 Å². The van der Waals surface area contributed by atoms with Crippen LogP contribution in [0.25, 0.3) is 0 Å². The van der Waals surface area contributed by atoms with Gasteiger partial charge in [-0.2, -0.15) is 30.3 Å². The monoisotopic (exact) mass is 328 g/mol. The maximum absolute atomic E-state index is 12.2. The van der Waals surface area contributed by atoms with Crippen LogP contribution < -0.4 is 0 Å². The van der Waals surface area contributed by atoms with Gasteiger partial charge in [0.1, 0.15) is 5.75 Å².